The molecule has 2 aliphatic heterocycles. The molecule has 1 saturated heterocycles. The summed E-state index contributed by atoms with van der Waals surface area (Å²) < 4.78 is 5.76. The third-order valence-electron chi connectivity index (χ3n) is 4.95. The number of hydrogen-bond donors (Lipinski definition) is 1. The van der Waals surface area contributed by atoms with Crippen molar-refractivity contribution < 1.29 is 4.74 Å². The summed E-state index contributed by atoms with van der Waals surface area (Å²) in [6, 6.07) is 5.00. The van der Waals surface area contributed by atoms with Crippen LogP contribution >= 0.6 is 11.6 Å². The zero-order valence-electron chi connectivity index (χ0n) is 12.4. The Balaban J connectivity index is 1.31. The van der Waals surface area contributed by atoms with Crippen LogP contribution in [0.3, 0.4) is 0 Å². The summed E-state index contributed by atoms with van der Waals surface area (Å²) in [5.41, 5.74) is 2.48. The van der Waals surface area contributed by atoms with Crippen LogP contribution < -0.4 is 10.1 Å². The first-order valence-corrected chi connectivity index (χ1v) is 8.56. The number of benzene rings is 1. The Labute approximate surface area is 131 Å². The number of halogens is 1. The van der Waals surface area contributed by atoms with Crippen molar-refractivity contribution in [1.82, 2.24) is 10.2 Å². The van der Waals surface area contributed by atoms with Crippen molar-refractivity contribution in [2.75, 3.05) is 26.2 Å². The third kappa shape index (κ3) is 3.05. The molecule has 4 rings (SSSR count). The summed E-state index contributed by atoms with van der Waals surface area (Å²) in [7, 11) is 0. The van der Waals surface area contributed by atoms with E-state index in [0.29, 0.717) is 0 Å². The zero-order chi connectivity index (χ0) is 14.2. The summed E-state index contributed by atoms with van der Waals surface area (Å²) in [5.74, 6) is 1.87. The van der Waals surface area contributed by atoms with Crippen molar-refractivity contribution in [2.24, 2.45) is 5.92 Å². The molecule has 21 heavy (non-hydrogen) atoms. The largest absolute Gasteiger partial charge is 0.493 e. The summed E-state index contributed by atoms with van der Waals surface area (Å²) in [5, 5.41) is 4.45. The van der Waals surface area contributed by atoms with E-state index in [4.69, 9.17) is 16.3 Å². The van der Waals surface area contributed by atoms with Crippen molar-refractivity contribution in [3.63, 3.8) is 0 Å². The first kappa shape index (κ1) is 13.9. The van der Waals surface area contributed by atoms with Crippen molar-refractivity contribution in [3.8, 4) is 5.75 Å². The molecule has 1 aliphatic carbocycles. The molecule has 4 heteroatoms. The topological polar surface area (TPSA) is 24.5 Å². The zero-order valence-corrected chi connectivity index (χ0v) is 13.2. The van der Waals surface area contributed by atoms with Crippen LogP contribution in [0.1, 0.15) is 30.4 Å². The fourth-order valence-electron chi connectivity index (χ4n) is 3.69. The number of rotatable bonds is 5. The summed E-state index contributed by atoms with van der Waals surface area (Å²) in [6.07, 6.45) is 5.17. The molecule has 0 aromatic heterocycles. The number of hydrogen-bond acceptors (Lipinski definition) is 3. The molecule has 1 saturated carbocycles. The van der Waals surface area contributed by atoms with Gasteiger partial charge in [-0.05, 0) is 56.0 Å². The number of nitrogens with zero attached hydrogens (tertiary/aromatic N) is 1. The van der Waals surface area contributed by atoms with Gasteiger partial charge in [0.1, 0.15) is 5.75 Å². The van der Waals surface area contributed by atoms with E-state index in [1.807, 2.05) is 12.1 Å². The van der Waals surface area contributed by atoms with E-state index in [9.17, 15) is 0 Å². The lowest BCUT2D eigenvalue weighted by atomic mass is 10.1. The third-order valence-corrected chi connectivity index (χ3v) is 5.17. The van der Waals surface area contributed by atoms with Gasteiger partial charge < -0.3 is 15.0 Å². The Kier molecular flexibility index (Phi) is 3.82. The smallest absolute Gasteiger partial charge is 0.127 e. The maximum absolute atomic E-state index is 6.21. The Morgan fingerprint density at radius 3 is 3.05 bits per heavy atom. The predicted octanol–water partition coefficient (Wildman–Crippen LogP) is 2.85. The fraction of sp³-hybridized carbons (Fsp3) is 0.647. The Morgan fingerprint density at radius 2 is 2.19 bits per heavy atom. The monoisotopic (exact) mass is 306 g/mol. The van der Waals surface area contributed by atoms with Gasteiger partial charge in [-0.1, -0.05) is 11.6 Å². The highest BCUT2D eigenvalue weighted by Crippen LogP contribution is 2.33. The van der Waals surface area contributed by atoms with Gasteiger partial charge in [-0.25, -0.2) is 0 Å². The Bertz CT molecular complexity index is 530. The molecule has 2 heterocycles. The predicted molar refractivity (Wildman–Crippen MR) is 85.1 cm³/mol. The molecule has 1 N–H and O–H groups in total. The van der Waals surface area contributed by atoms with Crippen LogP contribution in [-0.2, 0) is 13.0 Å². The van der Waals surface area contributed by atoms with Crippen molar-refractivity contribution in [2.45, 2.75) is 38.3 Å². The lowest BCUT2D eigenvalue weighted by Gasteiger charge is -2.16. The van der Waals surface area contributed by atoms with Crippen LogP contribution in [0.25, 0.3) is 0 Å². The molecule has 0 amide bonds. The van der Waals surface area contributed by atoms with Gasteiger partial charge in [-0.15, -0.1) is 0 Å². The van der Waals surface area contributed by atoms with Gasteiger partial charge in [0.05, 0.1) is 6.61 Å². The number of nitrogens with one attached hydrogen (secondary N) is 1. The maximum atomic E-state index is 6.21. The second kappa shape index (κ2) is 5.79. The lowest BCUT2D eigenvalue weighted by Crippen LogP contribution is -2.27. The van der Waals surface area contributed by atoms with E-state index >= 15 is 0 Å². The molecule has 0 radical (unpaired) electrons. The number of likely N-dealkylation sites (tertiary alicyclic amines) is 1. The molecular formula is C17H23ClN2O. The van der Waals surface area contributed by atoms with Crippen LogP contribution in [-0.4, -0.2) is 37.2 Å². The fourth-order valence-corrected chi connectivity index (χ4v) is 3.95. The summed E-state index contributed by atoms with van der Waals surface area (Å²) in [4.78, 5) is 2.67. The minimum atomic E-state index is 0.793. The average Bonchev–Trinajstić information content (AvgIpc) is 3.02. The minimum Gasteiger partial charge on any atom is -0.493 e. The van der Waals surface area contributed by atoms with E-state index in [0.717, 1.165) is 48.8 Å². The molecule has 3 aliphatic rings. The summed E-state index contributed by atoms with van der Waals surface area (Å²) >= 11 is 6.21. The highest BCUT2D eigenvalue weighted by Gasteiger charge is 2.34. The van der Waals surface area contributed by atoms with Crippen molar-refractivity contribution in [1.29, 1.82) is 0 Å². The van der Waals surface area contributed by atoms with Crippen molar-refractivity contribution in [3.05, 3.63) is 28.3 Å². The highest BCUT2D eigenvalue weighted by atomic mass is 35.5. The molecule has 0 spiro atoms. The SMILES string of the molecule is Clc1cc2c(c(CNCC3CCN(C4CC4)C3)c1)OCC2. The molecular weight excluding hydrogens is 284 g/mol. The lowest BCUT2D eigenvalue weighted by molar-refractivity contribution is 0.311. The van der Waals surface area contributed by atoms with Gasteiger partial charge >= 0.3 is 0 Å². The van der Waals surface area contributed by atoms with Crippen LogP contribution in [0.4, 0.5) is 0 Å². The van der Waals surface area contributed by atoms with Gasteiger partial charge in [0.25, 0.3) is 0 Å². The first-order chi connectivity index (χ1) is 10.3. The summed E-state index contributed by atoms with van der Waals surface area (Å²) in [6.45, 7) is 5.34. The second-order valence-electron chi connectivity index (χ2n) is 6.66. The molecule has 0 bridgehead atoms. The Morgan fingerprint density at radius 1 is 1.29 bits per heavy atom. The molecule has 1 aromatic rings. The van der Waals surface area contributed by atoms with E-state index < -0.39 is 0 Å². The van der Waals surface area contributed by atoms with Crippen LogP contribution in [0.2, 0.25) is 5.02 Å². The van der Waals surface area contributed by atoms with Crippen LogP contribution in [0.15, 0.2) is 12.1 Å². The van der Waals surface area contributed by atoms with Gasteiger partial charge in [0.2, 0.25) is 0 Å². The molecule has 3 nitrogen and oxygen atoms in total. The molecule has 1 atom stereocenters. The van der Waals surface area contributed by atoms with E-state index in [2.05, 4.69) is 10.2 Å². The first-order valence-electron chi connectivity index (χ1n) is 8.18. The number of ether oxygens (including phenoxy) is 1. The average molecular weight is 307 g/mol. The van der Waals surface area contributed by atoms with Gasteiger partial charge in [-0.3, -0.25) is 0 Å². The maximum Gasteiger partial charge on any atom is 0.127 e. The van der Waals surface area contributed by atoms with E-state index in [1.165, 1.54) is 43.5 Å². The van der Waals surface area contributed by atoms with E-state index in [1.54, 1.807) is 0 Å². The second-order valence-corrected chi connectivity index (χ2v) is 7.10. The standard InChI is InChI=1S/C17H23ClN2O/c18-15-7-13-4-6-21-17(13)14(8-15)10-19-9-12-3-5-20(11-12)16-1-2-16/h7-8,12,16,19H,1-6,9-11H2. The van der Waals surface area contributed by atoms with E-state index in [-0.39, 0.29) is 0 Å². The number of fused-ring (bicyclic) bond motifs is 1. The molecule has 1 aromatic carbocycles. The molecule has 114 valence electrons. The van der Waals surface area contributed by atoms with Crippen molar-refractivity contribution >= 4 is 11.6 Å². The minimum absolute atomic E-state index is 0.793. The molecule has 2 fully saturated rings. The highest BCUT2D eigenvalue weighted by molar-refractivity contribution is 6.30. The van der Waals surface area contributed by atoms with Gasteiger partial charge in [-0.2, -0.15) is 0 Å². The van der Waals surface area contributed by atoms with Crippen LogP contribution in [0, 0.1) is 5.92 Å². The molecule has 1 unspecified atom stereocenters. The normalized spacial score (nSPS) is 25.1. The quantitative estimate of drug-likeness (QED) is 0.905. The van der Waals surface area contributed by atoms with Gasteiger partial charge in [0, 0.05) is 36.1 Å². The van der Waals surface area contributed by atoms with Gasteiger partial charge in [0.15, 0.2) is 0 Å². The Hall–Kier alpha value is -0.770. The van der Waals surface area contributed by atoms with Crippen LogP contribution in [0.5, 0.6) is 5.75 Å².